The quantitative estimate of drug-likeness (QED) is 0.357. The van der Waals surface area contributed by atoms with E-state index < -0.39 is 74.5 Å². The average Bonchev–Trinajstić information content (AvgIpc) is 4.02. The van der Waals surface area contributed by atoms with Crippen LogP contribution in [-0.4, -0.2) is 89.9 Å². The van der Waals surface area contributed by atoms with E-state index in [4.69, 9.17) is 9.47 Å². The number of carbonyl (C=O) groups is 4. The fourth-order valence-electron chi connectivity index (χ4n) is 8.25. The predicted octanol–water partition coefficient (Wildman–Crippen LogP) is 3.51. The number of aryl methyl sites for hydroxylation is 1. The van der Waals surface area contributed by atoms with Gasteiger partial charge in [-0.1, -0.05) is 44.5 Å². The van der Waals surface area contributed by atoms with E-state index in [2.05, 4.69) is 34.1 Å². The molecule has 7 rings (SSSR count). The lowest BCUT2D eigenvalue weighted by atomic mass is 9.98. The van der Waals surface area contributed by atoms with Gasteiger partial charge in [-0.3, -0.25) is 24.1 Å². The molecule has 6 aliphatic rings. The minimum absolute atomic E-state index is 0.0286. The maximum atomic E-state index is 14.2. The summed E-state index contributed by atoms with van der Waals surface area (Å²) in [7, 11) is -3.84. The molecule has 3 aliphatic heterocycles. The Balaban J connectivity index is 1.12. The first-order valence-electron chi connectivity index (χ1n) is 18.5. The van der Waals surface area contributed by atoms with Gasteiger partial charge in [-0.25, -0.2) is 18.0 Å². The van der Waals surface area contributed by atoms with Crippen molar-refractivity contribution in [1.29, 1.82) is 0 Å². The smallest absolute Gasteiger partial charge is 0.410 e. The molecule has 8 atom stereocenters. The van der Waals surface area contributed by atoms with Crippen molar-refractivity contribution in [2.75, 3.05) is 13.1 Å². The highest BCUT2D eigenvalue weighted by atomic mass is 32.2. The third-order valence-corrected chi connectivity index (χ3v) is 13.8. The number of amides is 4. The second kappa shape index (κ2) is 13.4. The lowest BCUT2D eigenvalue weighted by Crippen LogP contribution is -2.57. The molecule has 278 valence electrons. The van der Waals surface area contributed by atoms with E-state index in [1.165, 1.54) is 11.1 Å². The Morgan fingerprint density at radius 3 is 2.55 bits per heavy atom. The van der Waals surface area contributed by atoms with E-state index in [1.807, 2.05) is 31.7 Å². The Bertz CT molecular complexity index is 1710. The van der Waals surface area contributed by atoms with Crippen molar-refractivity contribution in [3.63, 3.8) is 0 Å². The van der Waals surface area contributed by atoms with Crippen molar-refractivity contribution in [1.82, 2.24) is 25.2 Å². The minimum Gasteiger partial charge on any atom is -0.445 e. The Kier molecular flexibility index (Phi) is 9.39. The number of rotatable bonds is 7. The minimum atomic E-state index is -3.84. The summed E-state index contributed by atoms with van der Waals surface area (Å²) in [5, 5.41) is 5.33. The van der Waals surface area contributed by atoms with Crippen molar-refractivity contribution in [3.8, 4) is 0 Å². The van der Waals surface area contributed by atoms with Gasteiger partial charge in [0.2, 0.25) is 15.9 Å². The average molecular weight is 726 g/mol. The zero-order chi connectivity index (χ0) is 36.3. The summed E-state index contributed by atoms with van der Waals surface area (Å²) in [6.45, 7) is 11.1. The summed E-state index contributed by atoms with van der Waals surface area (Å²) in [6.07, 6.45) is 6.04. The number of nitrogens with zero attached hydrogens (tertiary/aromatic N) is 2. The van der Waals surface area contributed by atoms with Gasteiger partial charge in [-0.05, 0) is 74.5 Å². The number of hydrogen-bond acceptors (Lipinski definition) is 9. The van der Waals surface area contributed by atoms with Crippen molar-refractivity contribution >= 4 is 34.0 Å². The van der Waals surface area contributed by atoms with Crippen LogP contribution in [0.1, 0.15) is 88.8 Å². The van der Waals surface area contributed by atoms with Crippen LogP contribution in [0.25, 0.3) is 0 Å². The van der Waals surface area contributed by atoms with Gasteiger partial charge in [-0.2, -0.15) is 0 Å². The van der Waals surface area contributed by atoms with E-state index in [9.17, 15) is 27.6 Å². The van der Waals surface area contributed by atoms with Crippen LogP contribution in [0.3, 0.4) is 0 Å². The molecule has 14 heteroatoms. The van der Waals surface area contributed by atoms with Gasteiger partial charge < -0.3 is 20.1 Å². The highest BCUT2D eigenvalue weighted by molar-refractivity contribution is 7.91. The molecule has 13 nitrogen and oxygen atoms in total. The number of sulfonamides is 1. The fraction of sp³-hybridized carbons (Fsp3) is 0.676. The molecule has 4 amide bonds. The topological polar surface area (TPSA) is 163 Å². The van der Waals surface area contributed by atoms with E-state index in [1.54, 1.807) is 11.0 Å². The second-order valence-corrected chi connectivity index (χ2v) is 18.1. The van der Waals surface area contributed by atoms with Crippen molar-refractivity contribution in [2.24, 2.45) is 17.8 Å². The molecule has 1 aromatic rings. The van der Waals surface area contributed by atoms with Crippen LogP contribution < -0.4 is 15.4 Å². The molecule has 3 heterocycles. The lowest BCUT2D eigenvalue weighted by molar-refractivity contribution is -0.132. The van der Waals surface area contributed by atoms with E-state index >= 15 is 0 Å². The first-order chi connectivity index (χ1) is 24.2. The van der Waals surface area contributed by atoms with Crippen LogP contribution in [0, 0.1) is 17.8 Å². The summed E-state index contributed by atoms with van der Waals surface area (Å²) in [6, 6.07) is 5.00. The van der Waals surface area contributed by atoms with Crippen LogP contribution in [-0.2, 0) is 48.6 Å². The van der Waals surface area contributed by atoms with Crippen molar-refractivity contribution in [3.05, 3.63) is 47.5 Å². The van der Waals surface area contributed by atoms with Crippen LogP contribution in [0.5, 0.6) is 0 Å². The number of ether oxygens (including phenoxy) is 2. The van der Waals surface area contributed by atoms with Crippen LogP contribution in [0.15, 0.2) is 30.9 Å². The zero-order valence-electron chi connectivity index (χ0n) is 29.8. The Morgan fingerprint density at radius 2 is 1.84 bits per heavy atom. The normalized spacial score (nSPS) is 35.1. The largest absolute Gasteiger partial charge is 0.445 e. The van der Waals surface area contributed by atoms with Crippen LogP contribution in [0.4, 0.5) is 9.59 Å². The summed E-state index contributed by atoms with van der Waals surface area (Å²) < 4.78 is 39.6. The number of nitrogens with one attached hydrogen (secondary N) is 3. The van der Waals surface area contributed by atoms with Gasteiger partial charge in [0.25, 0.3) is 5.91 Å². The Hall–Kier alpha value is -3.65. The summed E-state index contributed by atoms with van der Waals surface area (Å²) in [5.74, 6) is -1.42. The number of carbonyl (C=O) groups excluding carboxylic acids is 4. The Labute approximate surface area is 300 Å². The van der Waals surface area contributed by atoms with E-state index in [-0.39, 0.29) is 31.8 Å². The second-order valence-electron chi connectivity index (χ2n) is 16.1. The number of fused-ring (bicyclic) bond motifs is 4. The molecule has 3 saturated carbocycles. The van der Waals surface area contributed by atoms with Crippen LogP contribution in [0.2, 0.25) is 0 Å². The first kappa shape index (κ1) is 35.7. The monoisotopic (exact) mass is 725 g/mol. The molecule has 3 aliphatic carbocycles. The summed E-state index contributed by atoms with van der Waals surface area (Å²) in [5.41, 5.74) is 1.56. The molecular weight excluding hydrogens is 675 g/mol. The number of alkyl carbamates (subject to hydrolysis) is 1. The summed E-state index contributed by atoms with van der Waals surface area (Å²) in [4.78, 5) is 58.0. The van der Waals surface area contributed by atoms with Gasteiger partial charge in [-0.15, -0.1) is 6.58 Å². The highest BCUT2D eigenvalue weighted by Crippen LogP contribution is 2.50. The fourth-order valence-corrected chi connectivity index (χ4v) is 9.61. The maximum Gasteiger partial charge on any atom is 0.410 e. The molecule has 0 aromatic heterocycles. The van der Waals surface area contributed by atoms with Gasteiger partial charge in [0.15, 0.2) is 0 Å². The van der Waals surface area contributed by atoms with Crippen molar-refractivity contribution in [2.45, 2.75) is 126 Å². The van der Waals surface area contributed by atoms with Gasteiger partial charge >= 0.3 is 12.2 Å². The molecule has 1 aromatic carbocycles. The number of benzene rings is 1. The maximum absolute atomic E-state index is 14.2. The number of hydrogen-bond donors (Lipinski definition) is 3. The highest BCUT2D eigenvalue weighted by Gasteiger charge is 2.62. The third-order valence-electron chi connectivity index (χ3n) is 12.0. The molecule has 3 N–H and O–H groups in total. The SMILES string of the molecule is C=CC1CC1(NC(=O)C1CC2CN1CC(C(C)C)NC(=O)OC1(C)CC1CCCCc1cccc3c1CN(C3)C(=O)O2)C(=O)NS(=O)(=O)C1CC1. The molecule has 4 fully saturated rings. The summed E-state index contributed by atoms with van der Waals surface area (Å²) >= 11 is 0. The van der Waals surface area contributed by atoms with Crippen LogP contribution >= 0.6 is 0 Å². The predicted molar refractivity (Wildman–Crippen MR) is 188 cm³/mol. The molecule has 0 spiro atoms. The molecule has 0 radical (unpaired) electrons. The molecule has 51 heavy (non-hydrogen) atoms. The Morgan fingerprint density at radius 1 is 1.08 bits per heavy atom. The van der Waals surface area contributed by atoms with Gasteiger partial charge in [0, 0.05) is 50.5 Å². The van der Waals surface area contributed by atoms with Gasteiger partial charge in [0.05, 0.1) is 11.3 Å². The van der Waals surface area contributed by atoms with E-state index in [0.717, 1.165) is 37.7 Å². The first-order valence-corrected chi connectivity index (χ1v) is 20.1. The molecule has 8 unspecified atom stereocenters. The lowest BCUT2D eigenvalue weighted by Gasteiger charge is -2.31. The molecule has 4 bridgehead atoms. The zero-order valence-corrected chi connectivity index (χ0v) is 30.6. The van der Waals surface area contributed by atoms with Crippen molar-refractivity contribution < 1.29 is 37.1 Å². The molecule has 1 saturated heterocycles. The van der Waals surface area contributed by atoms with Gasteiger partial charge in [0.1, 0.15) is 17.2 Å². The molecular formula is C37H51N5O8S. The standard InChI is InChI=1S/C37H51N5O8S/c1-5-25-17-37(25,33(44)40-51(47,48)28-13-14-28)39-32(43)31-15-27-19-41(31)21-30(22(2)3)38-34(45)50-36(4)16-26(36)12-7-6-9-23-10-8-11-24-18-42(20-29(23)24)35(46)49-27/h5,8,10-11,22,25-28,30-31H,1,6-7,9,12-21H2,2-4H3,(H,38,45)(H,39,43)(H,40,44). The third kappa shape index (κ3) is 7.35. The van der Waals surface area contributed by atoms with E-state index in [0.29, 0.717) is 31.8 Å².